The van der Waals surface area contributed by atoms with Crippen molar-refractivity contribution in [3.05, 3.63) is 45.7 Å². The molecule has 1 aliphatic carbocycles. The van der Waals surface area contributed by atoms with Crippen molar-refractivity contribution in [2.75, 3.05) is 6.54 Å². The van der Waals surface area contributed by atoms with E-state index in [-0.39, 0.29) is 5.56 Å². The van der Waals surface area contributed by atoms with Crippen molar-refractivity contribution in [2.24, 2.45) is 0 Å². The molecular formula is C14H17N5O. The number of H-pyrrole nitrogens is 2. The molecule has 6 heteroatoms. The molecule has 0 atom stereocenters. The Balaban J connectivity index is 1.58. The summed E-state index contributed by atoms with van der Waals surface area (Å²) in [4.78, 5) is 29.4. The van der Waals surface area contributed by atoms with Crippen LogP contribution in [-0.4, -0.2) is 31.4 Å². The lowest BCUT2D eigenvalue weighted by Crippen LogP contribution is -2.36. The first-order chi connectivity index (χ1) is 9.79. The van der Waals surface area contributed by atoms with Crippen molar-refractivity contribution < 1.29 is 0 Å². The Hall–Kier alpha value is -1.95. The lowest BCUT2D eigenvalue weighted by Gasteiger charge is -2.26. The molecule has 0 aromatic carbocycles. The van der Waals surface area contributed by atoms with Crippen molar-refractivity contribution >= 4 is 0 Å². The topological polar surface area (TPSA) is 77.7 Å². The van der Waals surface area contributed by atoms with Gasteiger partial charge in [0, 0.05) is 37.8 Å². The molecule has 0 saturated heterocycles. The summed E-state index contributed by atoms with van der Waals surface area (Å²) < 4.78 is 0. The van der Waals surface area contributed by atoms with Gasteiger partial charge in [-0.1, -0.05) is 0 Å². The van der Waals surface area contributed by atoms with E-state index in [9.17, 15) is 4.79 Å². The Kier molecular flexibility index (Phi) is 2.70. The van der Waals surface area contributed by atoms with Gasteiger partial charge in [0.25, 0.3) is 5.56 Å². The fraction of sp³-hybridized carbons (Fsp3) is 0.500. The molecule has 1 fully saturated rings. The van der Waals surface area contributed by atoms with Crippen LogP contribution in [0.3, 0.4) is 0 Å². The molecule has 2 N–H and O–H groups in total. The third-order valence-electron chi connectivity index (χ3n) is 4.06. The van der Waals surface area contributed by atoms with Crippen LogP contribution in [0.4, 0.5) is 0 Å². The van der Waals surface area contributed by atoms with Gasteiger partial charge < -0.3 is 9.97 Å². The number of aromatic nitrogens is 4. The quantitative estimate of drug-likeness (QED) is 0.870. The summed E-state index contributed by atoms with van der Waals surface area (Å²) in [6, 6.07) is 0. The van der Waals surface area contributed by atoms with Crippen LogP contribution in [0.2, 0.25) is 0 Å². The molecule has 20 heavy (non-hydrogen) atoms. The smallest absolute Gasteiger partial charge is 0.255 e. The van der Waals surface area contributed by atoms with Gasteiger partial charge in [0.15, 0.2) is 0 Å². The van der Waals surface area contributed by atoms with Crippen LogP contribution in [0.15, 0.2) is 17.2 Å². The second kappa shape index (κ2) is 4.56. The Labute approximate surface area is 116 Å². The number of aromatic amines is 2. The van der Waals surface area contributed by atoms with E-state index in [4.69, 9.17) is 0 Å². The summed E-state index contributed by atoms with van der Waals surface area (Å²) in [6.07, 6.45) is 6.74. The normalized spacial score (nSPS) is 19.0. The molecule has 0 unspecified atom stereocenters. The molecule has 2 aromatic heterocycles. The highest BCUT2D eigenvalue weighted by molar-refractivity contribution is 5.23. The fourth-order valence-corrected chi connectivity index (χ4v) is 2.78. The average molecular weight is 271 g/mol. The molecule has 1 aliphatic heterocycles. The molecule has 6 nitrogen and oxygen atoms in total. The van der Waals surface area contributed by atoms with Crippen LogP contribution < -0.4 is 5.56 Å². The number of hydrogen-bond donors (Lipinski definition) is 2. The van der Waals surface area contributed by atoms with Crippen molar-refractivity contribution in [1.29, 1.82) is 0 Å². The van der Waals surface area contributed by atoms with E-state index >= 15 is 0 Å². The lowest BCUT2D eigenvalue weighted by atomic mass is 10.1. The first-order valence-electron chi connectivity index (χ1n) is 7.12. The molecule has 4 rings (SSSR count). The zero-order valence-corrected chi connectivity index (χ0v) is 11.2. The number of nitrogens with zero attached hydrogens (tertiary/aromatic N) is 3. The van der Waals surface area contributed by atoms with E-state index in [1.807, 2.05) is 6.20 Å². The van der Waals surface area contributed by atoms with E-state index in [0.717, 1.165) is 55.3 Å². The van der Waals surface area contributed by atoms with Gasteiger partial charge in [-0.3, -0.25) is 9.69 Å². The summed E-state index contributed by atoms with van der Waals surface area (Å²) in [6.45, 7) is 2.33. The number of rotatable bonds is 3. The first-order valence-corrected chi connectivity index (χ1v) is 7.12. The zero-order chi connectivity index (χ0) is 13.5. The van der Waals surface area contributed by atoms with Gasteiger partial charge >= 0.3 is 0 Å². The highest BCUT2D eigenvalue weighted by atomic mass is 16.1. The van der Waals surface area contributed by atoms with Crippen LogP contribution in [0.25, 0.3) is 0 Å². The fourth-order valence-electron chi connectivity index (χ4n) is 2.78. The SMILES string of the molecule is O=c1[nH]c(C2CC2)nc2c1CN(Cc1ncc[nH]1)CC2. The largest absolute Gasteiger partial charge is 0.348 e. The van der Waals surface area contributed by atoms with Crippen LogP contribution in [-0.2, 0) is 19.5 Å². The van der Waals surface area contributed by atoms with E-state index in [2.05, 4.69) is 24.8 Å². The Morgan fingerprint density at radius 2 is 2.30 bits per heavy atom. The van der Waals surface area contributed by atoms with E-state index in [1.54, 1.807) is 6.20 Å². The standard InChI is InChI=1S/C14H17N5O/c20-14-10-7-19(8-12-15-4-5-16-12)6-3-11(10)17-13(18-14)9-1-2-9/h4-5,9H,1-3,6-8H2,(H,15,16)(H,17,18,20). The summed E-state index contributed by atoms with van der Waals surface area (Å²) >= 11 is 0. The van der Waals surface area contributed by atoms with E-state index in [0.29, 0.717) is 12.5 Å². The number of fused-ring (bicyclic) bond motifs is 1. The minimum absolute atomic E-state index is 0.0426. The molecule has 104 valence electrons. The monoisotopic (exact) mass is 271 g/mol. The predicted octanol–water partition coefficient (Wildman–Crippen LogP) is 0.929. The molecular weight excluding hydrogens is 254 g/mol. The van der Waals surface area contributed by atoms with Gasteiger partial charge in [0.1, 0.15) is 11.6 Å². The highest BCUT2D eigenvalue weighted by Gasteiger charge is 2.29. The van der Waals surface area contributed by atoms with E-state index in [1.165, 1.54) is 0 Å². The van der Waals surface area contributed by atoms with Gasteiger partial charge in [-0.05, 0) is 12.8 Å². The summed E-state index contributed by atoms with van der Waals surface area (Å²) in [7, 11) is 0. The molecule has 0 amide bonds. The van der Waals surface area contributed by atoms with Crippen LogP contribution in [0, 0.1) is 0 Å². The third kappa shape index (κ3) is 2.16. The maximum absolute atomic E-state index is 12.2. The predicted molar refractivity (Wildman–Crippen MR) is 73.2 cm³/mol. The highest BCUT2D eigenvalue weighted by Crippen LogP contribution is 2.37. The third-order valence-corrected chi connectivity index (χ3v) is 4.06. The average Bonchev–Trinajstić information content (AvgIpc) is 3.18. The van der Waals surface area contributed by atoms with Crippen molar-refractivity contribution in [3.63, 3.8) is 0 Å². The lowest BCUT2D eigenvalue weighted by molar-refractivity contribution is 0.236. The molecule has 0 bridgehead atoms. The number of imidazole rings is 1. The second-order valence-corrected chi connectivity index (χ2v) is 5.65. The van der Waals surface area contributed by atoms with Gasteiger partial charge in [-0.25, -0.2) is 9.97 Å². The summed E-state index contributed by atoms with van der Waals surface area (Å²) in [5.74, 6) is 2.33. The minimum atomic E-state index is 0.0426. The molecule has 2 aromatic rings. The molecule has 2 aliphatic rings. The van der Waals surface area contributed by atoms with Gasteiger partial charge in [0.05, 0.1) is 17.8 Å². The Morgan fingerprint density at radius 3 is 3.05 bits per heavy atom. The van der Waals surface area contributed by atoms with Crippen LogP contribution in [0.1, 0.15) is 41.7 Å². The maximum atomic E-state index is 12.2. The van der Waals surface area contributed by atoms with Crippen LogP contribution >= 0.6 is 0 Å². The minimum Gasteiger partial charge on any atom is -0.348 e. The van der Waals surface area contributed by atoms with Crippen LogP contribution in [0.5, 0.6) is 0 Å². The van der Waals surface area contributed by atoms with Crippen molar-refractivity contribution in [2.45, 2.75) is 38.3 Å². The molecule has 0 radical (unpaired) electrons. The Morgan fingerprint density at radius 1 is 1.40 bits per heavy atom. The summed E-state index contributed by atoms with van der Waals surface area (Å²) in [5.41, 5.74) is 1.86. The van der Waals surface area contributed by atoms with Crippen molar-refractivity contribution in [3.8, 4) is 0 Å². The zero-order valence-electron chi connectivity index (χ0n) is 11.2. The second-order valence-electron chi connectivity index (χ2n) is 5.65. The maximum Gasteiger partial charge on any atom is 0.255 e. The summed E-state index contributed by atoms with van der Waals surface area (Å²) in [5, 5.41) is 0. The Bertz CT molecular complexity index is 671. The first kappa shape index (κ1) is 11.8. The molecule has 3 heterocycles. The number of hydrogen-bond acceptors (Lipinski definition) is 4. The van der Waals surface area contributed by atoms with E-state index < -0.39 is 0 Å². The molecule has 0 spiro atoms. The number of nitrogens with one attached hydrogen (secondary N) is 2. The van der Waals surface area contributed by atoms with Gasteiger partial charge in [0.2, 0.25) is 0 Å². The van der Waals surface area contributed by atoms with Gasteiger partial charge in [-0.2, -0.15) is 0 Å². The van der Waals surface area contributed by atoms with Crippen molar-refractivity contribution in [1.82, 2.24) is 24.8 Å². The van der Waals surface area contributed by atoms with Gasteiger partial charge in [-0.15, -0.1) is 0 Å². The molecule has 1 saturated carbocycles.